The minimum absolute atomic E-state index is 0.694. The molecule has 2 heterocycles. The van der Waals surface area contributed by atoms with Crippen molar-refractivity contribution in [3.8, 4) is 5.69 Å². The van der Waals surface area contributed by atoms with E-state index in [0.717, 1.165) is 16.6 Å². The van der Waals surface area contributed by atoms with Gasteiger partial charge in [0.1, 0.15) is 0 Å². The number of anilines is 1. The van der Waals surface area contributed by atoms with Gasteiger partial charge in [-0.3, -0.25) is 4.98 Å². The maximum Gasteiger partial charge on any atom is 0.0991 e. The fraction of sp³-hybridized carbons (Fsp3) is 0. The number of aromatic nitrogens is 3. The Morgan fingerprint density at radius 2 is 2.06 bits per heavy atom. The van der Waals surface area contributed by atoms with E-state index < -0.39 is 0 Å². The number of imidazole rings is 1. The Morgan fingerprint density at radius 3 is 2.88 bits per heavy atom. The molecule has 78 valence electrons. The van der Waals surface area contributed by atoms with Crippen LogP contribution in [0.15, 0.2) is 49.2 Å². The van der Waals surface area contributed by atoms with E-state index in [1.165, 1.54) is 0 Å². The van der Waals surface area contributed by atoms with Crippen molar-refractivity contribution in [2.75, 3.05) is 5.73 Å². The van der Waals surface area contributed by atoms with Crippen LogP contribution in [0, 0.1) is 0 Å². The number of nitrogens with zero attached hydrogens (tertiary/aromatic N) is 3. The summed E-state index contributed by atoms with van der Waals surface area (Å²) in [5.41, 5.74) is 8.45. The summed E-state index contributed by atoms with van der Waals surface area (Å²) in [5, 5.41) is 1.03. The van der Waals surface area contributed by atoms with E-state index >= 15 is 0 Å². The quantitative estimate of drug-likeness (QED) is 0.625. The lowest BCUT2D eigenvalue weighted by atomic mass is 10.1. The SMILES string of the molecule is Nc1cccc2c(-n3ccnc3)ccnc12. The Balaban J connectivity index is 2.38. The first-order valence-corrected chi connectivity index (χ1v) is 4.98. The largest absolute Gasteiger partial charge is 0.397 e. The Hall–Kier alpha value is -2.36. The Labute approximate surface area is 92.4 Å². The number of nitrogen functional groups attached to an aromatic ring is 1. The molecule has 0 saturated carbocycles. The van der Waals surface area contributed by atoms with Gasteiger partial charge in [0, 0.05) is 24.0 Å². The number of hydrogen-bond donors (Lipinski definition) is 1. The second kappa shape index (κ2) is 3.34. The third-order valence-electron chi connectivity index (χ3n) is 2.56. The summed E-state index contributed by atoms with van der Waals surface area (Å²) in [6.07, 6.45) is 7.17. The molecule has 0 aliphatic carbocycles. The lowest BCUT2D eigenvalue weighted by Gasteiger charge is -2.07. The second-order valence-electron chi connectivity index (χ2n) is 3.54. The maximum absolute atomic E-state index is 5.89. The van der Waals surface area contributed by atoms with Gasteiger partial charge in [-0.25, -0.2) is 4.98 Å². The summed E-state index contributed by atoms with van der Waals surface area (Å²) in [4.78, 5) is 8.33. The molecular weight excluding hydrogens is 200 g/mol. The summed E-state index contributed by atoms with van der Waals surface area (Å²) in [6, 6.07) is 7.74. The first-order chi connectivity index (χ1) is 7.86. The van der Waals surface area contributed by atoms with Crippen LogP contribution < -0.4 is 5.73 Å². The van der Waals surface area contributed by atoms with Gasteiger partial charge in [0.25, 0.3) is 0 Å². The van der Waals surface area contributed by atoms with Crippen LogP contribution in [0.5, 0.6) is 0 Å². The van der Waals surface area contributed by atoms with E-state index in [4.69, 9.17) is 5.73 Å². The number of nitrogens with two attached hydrogens (primary N) is 1. The van der Waals surface area contributed by atoms with Crippen molar-refractivity contribution in [3.63, 3.8) is 0 Å². The van der Waals surface area contributed by atoms with Crippen molar-refractivity contribution in [1.29, 1.82) is 0 Å². The topological polar surface area (TPSA) is 56.7 Å². The molecule has 2 N–H and O–H groups in total. The zero-order chi connectivity index (χ0) is 11.0. The summed E-state index contributed by atoms with van der Waals surface area (Å²) in [5.74, 6) is 0. The van der Waals surface area contributed by atoms with Gasteiger partial charge in [0.2, 0.25) is 0 Å². The molecule has 0 radical (unpaired) electrons. The minimum atomic E-state index is 0.694. The maximum atomic E-state index is 5.89. The van der Waals surface area contributed by atoms with E-state index in [1.54, 1.807) is 18.7 Å². The number of para-hydroxylation sites is 1. The Morgan fingerprint density at radius 1 is 1.12 bits per heavy atom. The highest BCUT2D eigenvalue weighted by atomic mass is 15.0. The van der Waals surface area contributed by atoms with Gasteiger partial charge in [0.15, 0.2) is 0 Å². The fourth-order valence-corrected chi connectivity index (χ4v) is 1.81. The van der Waals surface area contributed by atoms with Crippen LogP contribution in [0.1, 0.15) is 0 Å². The summed E-state index contributed by atoms with van der Waals surface area (Å²) in [7, 11) is 0. The average Bonchev–Trinajstić information content (AvgIpc) is 2.82. The third kappa shape index (κ3) is 1.24. The molecule has 0 saturated heterocycles. The van der Waals surface area contributed by atoms with Gasteiger partial charge >= 0.3 is 0 Å². The smallest absolute Gasteiger partial charge is 0.0991 e. The predicted molar refractivity (Wildman–Crippen MR) is 63.3 cm³/mol. The zero-order valence-electron chi connectivity index (χ0n) is 8.54. The van der Waals surface area contributed by atoms with Crippen molar-refractivity contribution in [2.24, 2.45) is 0 Å². The fourth-order valence-electron chi connectivity index (χ4n) is 1.81. The summed E-state index contributed by atoms with van der Waals surface area (Å²) >= 11 is 0. The highest BCUT2D eigenvalue weighted by Crippen LogP contribution is 2.24. The standard InChI is InChI=1S/C12H10N4/c13-10-3-1-2-9-11(4-5-15-12(9)10)16-7-6-14-8-16/h1-8H,13H2. The monoisotopic (exact) mass is 210 g/mol. The molecule has 1 aromatic carbocycles. The van der Waals surface area contributed by atoms with Crippen LogP contribution in [0.3, 0.4) is 0 Å². The molecule has 4 nitrogen and oxygen atoms in total. The van der Waals surface area contributed by atoms with E-state index in [0.29, 0.717) is 5.69 Å². The van der Waals surface area contributed by atoms with Gasteiger partial charge in [-0.05, 0) is 12.1 Å². The lowest BCUT2D eigenvalue weighted by molar-refractivity contribution is 1.06. The number of hydrogen-bond acceptors (Lipinski definition) is 3. The van der Waals surface area contributed by atoms with Gasteiger partial charge in [-0.15, -0.1) is 0 Å². The van der Waals surface area contributed by atoms with Gasteiger partial charge < -0.3 is 10.3 Å². The number of pyridine rings is 1. The summed E-state index contributed by atoms with van der Waals surface area (Å²) in [6.45, 7) is 0. The van der Waals surface area contributed by atoms with Crippen LogP contribution in [0.2, 0.25) is 0 Å². The van der Waals surface area contributed by atoms with Gasteiger partial charge in [0.05, 0.1) is 23.2 Å². The molecule has 0 aliphatic heterocycles. The van der Waals surface area contributed by atoms with E-state index in [1.807, 2.05) is 35.0 Å². The molecule has 16 heavy (non-hydrogen) atoms. The number of benzene rings is 1. The Bertz CT molecular complexity index is 629. The van der Waals surface area contributed by atoms with Crippen molar-refractivity contribution in [2.45, 2.75) is 0 Å². The molecular formula is C12H10N4. The molecule has 3 aromatic rings. The highest BCUT2D eigenvalue weighted by molar-refractivity contribution is 5.94. The summed E-state index contributed by atoms with van der Waals surface area (Å²) < 4.78 is 1.95. The van der Waals surface area contributed by atoms with Gasteiger partial charge in [-0.2, -0.15) is 0 Å². The minimum Gasteiger partial charge on any atom is -0.397 e. The van der Waals surface area contributed by atoms with Crippen molar-refractivity contribution >= 4 is 16.6 Å². The van der Waals surface area contributed by atoms with Crippen molar-refractivity contribution in [3.05, 3.63) is 49.2 Å². The van der Waals surface area contributed by atoms with Crippen LogP contribution >= 0.6 is 0 Å². The number of fused-ring (bicyclic) bond motifs is 1. The van der Waals surface area contributed by atoms with Crippen LogP contribution in [0.25, 0.3) is 16.6 Å². The van der Waals surface area contributed by atoms with Crippen LogP contribution in [0.4, 0.5) is 5.69 Å². The molecule has 4 heteroatoms. The van der Waals surface area contributed by atoms with E-state index in [9.17, 15) is 0 Å². The molecule has 3 rings (SSSR count). The van der Waals surface area contributed by atoms with Gasteiger partial charge in [-0.1, -0.05) is 12.1 Å². The molecule has 0 bridgehead atoms. The van der Waals surface area contributed by atoms with Crippen LogP contribution in [-0.4, -0.2) is 14.5 Å². The van der Waals surface area contributed by atoms with E-state index in [2.05, 4.69) is 9.97 Å². The second-order valence-corrected chi connectivity index (χ2v) is 3.54. The zero-order valence-corrected chi connectivity index (χ0v) is 8.54. The third-order valence-corrected chi connectivity index (χ3v) is 2.56. The van der Waals surface area contributed by atoms with E-state index in [-0.39, 0.29) is 0 Å². The molecule has 2 aromatic heterocycles. The predicted octanol–water partition coefficient (Wildman–Crippen LogP) is 2.00. The first-order valence-electron chi connectivity index (χ1n) is 4.98. The number of rotatable bonds is 1. The molecule has 0 unspecified atom stereocenters. The highest BCUT2D eigenvalue weighted by Gasteiger charge is 2.04. The Kier molecular flexibility index (Phi) is 1.86. The molecule has 0 amide bonds. The molecule has 0 atom stereocenters. The lowest BCUT2D eigenvalue weighted by Crippen LogP contribution is -1.95. The molecule has 0 aliphatic rings. The molecule has 0 spiro atoms. The average molecular weight is 210 g/mol. The van der Waals surface area contributed by atoms with Crippen LogP contribution in [-0.2, 0) is 0 Å². The van der Waals surface area contributed by atoms with Crippen molar-refractivity contribution in [1.82, 2.24) is 14.5 Å². The molecule has 0 fully saturated rings. The van der Waals surface area contributed by atoms with Crippen molar-refractivity contribution < 1.29 is 0 Å². The first kappa shape index (κ1) is 8.91. The normalized spacial score (nSPS) is 10.8.